The van der Waals surface area contributed by atoms with Crippen molar-refractivity contribution in [3.8, 4) is 0 Å². The van der Waals surface area contributed by atoms with Gasteiger partial charge in [-0.15, -0.1) is 12.4 Å². The molecule has 11 heteroatoms. The maximum absolute atomic E-state index is 12.9. The van der Waals surface area contributed by atoms with Crippen molar-refractivity contribution in [2.24, 2.45) is 5.73 Å². The summed E-state index contributed by atoms with van der Waals surface area (Å²) in [7, 11) is 0. The van der Waals surface area contributed by atoms with E-state index in [2.05, 4.69) is 15.3 Å². The van der Waals surface area contributed by atoms with Crippen LogP contribution in [0.25, 0.3) is 10.9 Å². The van der Waals surface area contributed by atoms with Crippen molar-refractivity contribution in [1.82, 2.24) is 14.9 Å². The highest BCUT2D eigenvalue weighted by Gasteiger charge is 2.24. The Kier molecular flexibility index (Phi) is 7.90. The standard InChI is InChI=1S/C23H23ClN6O3.ClH/c24-17-9-16-19(10-15(17)23(33)30-6-1-2-7-30)27-12-28-22(16)29-18(11-20(31)32)13-4-3-5-14(8-13)21(25)26;/h3-5,8-10,12,18H,1-2,6-7,11H2,(H3,25,26)(H,31,32)(H,27,28,29);1H. The molecule has 1 aliphatic rings. The van der Waals surface area contributed by atoms with Gasteiger partial charge in [0.2, 0.25) is 0 Å². The molecule has 0 radical (unpaired) electrons. The van der Waals surface area contributed by atoms with Gasteiger partial charge in [-0.1, -0.05) is 29.8 Å². The number of fused-ring (bicyclic) bond motifs is 1. The molecule has 5 N–H and O–H groups in total. The predicted octanol–water partition coefficient (Wildman–Crippen LogP) is 3.85. The topological polar surface area (TPSA) is 145 Å². The van der Waals surface area contributed by atoms with Crippen LogP contribution in [-0.2, 0) is 4.79 Å². The number of nitrogens with two attached hydrogens (primary N) is 1. The van der Waals surface area contributed by atoms with E-state index in [1.807, 2.05) is 0 Å². The Morgan fingerprint density at radius 3 is 2.62 bits per heavy atom. The van der Waals surface area contributed by atoms with Gasteiger partial charge in [-0.25, -0.2) is 9.97 Å². The SMILES string of the molecule is Cl.N=C(N)c1cccc(C(CC(=O)O)Nc2ncnc3cc(C(=O)N4CCCC4)c(Cl)cc23)c1. The number of aromatic nitrogens is 2. The van der Waals surface area contributed by atoms with Gasteiger partial charge in [0.15, 0.2) is 0 Å². The fourth-order valence-electron chi connectivity index (χ4n) is 3.96. The monoisotopic (exact) mass is 502 g/mol. The zero-order chi connectivity index (χ0) is 23.5. The van der Waals surface area contributed by atoms with Gasteiger partial charge in [0.25, 0.3) is 5.91 Å². The van der Waals surface area contributed by atoms with Gasteiger partial charge < -0.3 is 21.1 Å². The molecule has 1 fully saturated rings. The number of nitrogens with zero attached hydrogens (tertiary/aromatic N) is 3. The van der Waals surface area contributed by atoms with E-state index in [9.17, 15) is 14.7 Å². The Morgan fingerprint density at radius 2 is 1.94 bits per heavy atom. The third kappa shape index (κ3) is 5.37. The van der Waals surface area contributed by atoms with Crippen LogP contribution in [0.1, 0.15) is 46.8 Å². The molecule has 178 valence electrons. The lowest BCUT2D eigenvalue weighted by Gasteiger charge is -2.20. The van der Waals surface area contributed by atoms with Gasteiger partial charge in [-0.2, -0.15) is 0 Å². The van der Waals surface area contributed by atoms with Crippen LogP contribution in [0.5, 0.6) is 0 Å². The van der Waals surface area contributed by atoms with Crippen LogP contribution >= 0.6 is 24.0 Å². The Hall–Kier alpha value is -3.43. The number of anilines is 1. The van der Waals surface area contributed by atoms with Crippen LogP contribution in [0.2, 0.25) is 5.02 Å². The zero-order valence-electron chi connectivity index (χ0n) is 18.1. The molecule has 1 aliphatic heterocycles. The van der Waals surface area contributed by atoms with E-state index >= 15 is 0 Å². The summed E-state index contributed by atoms with van der Waals surface area (Å²) in [5.41, 5.74) is 7.63. The molecule has 9 nitrogen and oxygen atoms in total. The second-order valence-electron chi connectivity index (χ2n) is 7.90. The van der Waals surface area contributed by atoms with Crippen molar-refractivity contribution in [1.29, 1.82) is 5.41 Å². The normalized spacial score (nSPS) is 13.9. The highest BCUT2D eigenvalue weighted by Crippen LogP contribution is 2.31. The summed E-state index contributed by atoms with van der Waals surface area (Å²) in [6.45, 7) is 1.42. The van der Waals surface area contributed by atoms with Crippen molar-refractivity contribution >= 4 is 58.4 Å². The number of carboxylic acids is 1. The first kappa shape index (κ1) is 25.2. The number of carbonyl (C=O) groups is 2. The molecule has 1 unspecified atom stereocenters. The second-order valence-corrected chi connectivity index (χ2v) is 8.31. The van der Waals surface area contributed by atoms with Crippen molar-refractivity contribution in [2.75, 3.05) is 18.4 Å². The Bertz CT molecular complexity index is 1250. The van der Waals surface area contributed by atoms with Crippen LogP contribution < -0.4 is 11.1 Å². The zero-order valence-corrected chi connectivity index (χ0v) is 19.7. The summed E-state index contributed by atoms with van der Waals surface area (Å²) in [5.74, 6) is -0.852. The number of hydrogen-bond acceptors (Lipinski definition) is 6. The number of aliphatic carboxylic acids is 1. The highest BCUT2D eigenvalue weighted by molar-refractivity contribution is 6.34. The summed E-state index contributed by atoms with van der Waals surface area (Å²) < 4.78 is 0. The van der Waals surface area contributed by atoms with Crippen LogP contribution in [-0.4, -0.2) is 50.8 Å². The van der Waals surface area contributed by atoms with Gasteiger partial charge in [0.05, 0.1) is 28.6 Å². The summed E-state index contributed by atoms with van der Waals surface area (Å²) >= 11 is 6.48. The number of carbonyl (C=O) groups excluding carboxylic acids is 1. The molecule has 3 aromatic rings. The summed E-state index contributed by atoms with van der Waals surface area (Å²) in [4.78, 5) is 34.8. The van der Waals surface area contributed by atoms with Gasteiger partial charge in [-0.05, 0) is 36.6 Å². The lowest BCUT2D eigenvalue weighted by atomic mass is 10.0. The predicted molar refractivity (Wildman–Crippen MR) is 133 cm³/mol. The van der Waals surface area contributed by atoms with E-state index in [-0.39, 0.29) is 35.6 Å². The third-order valence-corrected chi connectivity index (χ3v) is 5.95. The molecule has 1 saturated heterocycles. The number of halogens is 2. The molecule has 4 rings (SSSR count). The number of carboxylic acid groups (broad SMARTS) is 1. The van der Waals surface area contributed by atoms with Crippen molar-refractivity contribution in [3.63, 3.8) is 0 Å². The van der Waals surface area contributed by atoms with E-state index in [1.54, 1.807) is 41.3 Å². The van der Waals surface area contributed by atoms with Crippen LogP contribution in [0.3, 0.4) is 0 Å². The summed E-state index contributed by atoms with van der Waals surface area (Å²) in [6, 6.07) is 9.46. The minimum absolute atomic E-state index is 0. The lowest BCUT2D eigenvalue weighted by molar-refractivity contribution is -0.137. The maximum Gasteiger partial charge on any atom is 0.305 e. The number of benzene rings is 2. The largest absolute Gasteiger partial charge is 0.481 e. The first-order valence-electron chi connectivity index (χ1n) is 10.5. The number of likely N-dealkylation sites (tertiary alicyclic amines) is 1. The second kappa shape index (κ2) is 10.7. The molecule has 2 aromatic carbocycles. The van der Waals surface area contributed by atoms with E-state index in [4.69, 9.17) is 22.7 Å². The minimum Gasteiger partial charge on any atom is -0.481 e. The maximum atomic E-state index is 12.9. The van der Waals surface area contributed by atoms with E-state index in [0.717, 1.165) is 12.8 Å². The number of nitrogen functional groups attached to an aromatic ring is 1. The average Bonchev–Trinajstić information content (AvgIpc) is 3.33. The highest BCUT2D eigenvalue weighted by atomic mass is 35.5. The third-order valence-electron chi connectivity index (χ3n) is 5.64. The quantitative estimate of drug-likeness (QED) is 0.283. The molecule has 1 aromatic heterocycles. The molecule has 0 saturated carbocycles. The van der Waals surface area contributed by atoms with Gasteiger partial charge in [0.1, 0.15) is 18.0 Å². The smallest absolute Gasteiger partial charge is 0.305 e. The molecular formula is C23H24Cl2N6O3. The van der Waals surface area contributed by atoms with Crippen LogP contribution in [0.4, 0.5) is 5.82 Å². The Balaban J connectivity index is 0.00000324. The fourth-order valence-corrected chi connectivity index (χ4v) is 4.21. The van der Waals surface area contributed by atoms with Gasteiger partial charge >= 0.3 is 5.97 Å². The number of nitrogens with one attached hydrogen (secondary N) is 2. The molecule has 1 amide bonds. The molecule has 1 atom stereocenters. The fraction of sp³-hybridized carbons (Fsp3) is 0.261. The number of hydrogen-bond donors (Lipinski definition) is 4. The summed E-state index contributed by atoms with van der Waals surface area (Å²) in [6.07, 6.45) is 3.07. The van der Waals surface area contributed by atoms with E-state index in [0.29, 0.717) is 46.5 Å². The number of amidine groups is 1. The van der Waals surface area contributed by atoms with Crippen molar-refractivity contribution in [3.05, 3.63) is 64.4 Å². The van der Waals surface area contributed by atoms with E-state index in [1.165, 1.54) is 6.33 Å². The average molecular weight is 503 g/mol. The first-order valence-corrected chi connectivity index (χ1v) is 10.9. The molecule has 0 spiro atoms. The van der Waals surface area contributed by atoms with Crippen LogP contribution in [0, 0.1) is 5.41 Å². The lowest BCUT2D eigenvalue weighted by Crippen LogP contribution is -2.27. The molecule has 2 heterocycles. The minimum atomic E-state index is -1.00. The molecule has 34 heavy (non-hydrogen) atoms. The Morgan fingerprint density at radius 1 is 1.21 bits per heavy atom. The van der Waals surface area contributed by atoms with Gasteiger partial charge in [-0.3, -0.25) is 15.0 Å². The van der Waals surface area contributed by atoms with Crippen molar-refractivity contribution < 1.29 is 14.7 Å². The molecular weight excluding hydrogens is 479 g/mol. The summed E-state index contributed by atoms with van der Waals surface area (Å²) in [5, 5.41) is 21.1. The van der Waals surface area contributed by atoms with Crippen molar-refractivity contribution in [2.45, 2.75) is 25.3 Å². The molecule has 0 aliphatic carbocycles. The van der Waals surface area contributed by atoms with Crippen LogP contribution in [0.15, 0.2) is 42.7 Å². The van der Waals surface area contributed by atoms with Gasteiger partial charge in [0, 0.05) is 24.0 Å². The first-order chi connectivity index (χ1) is 15.8. The number of rotatable bonds is 7. The number of amides is 1. The molecule has 0 bridgehead atoms. The Labute approximate surface area is 207 Å². The van der Waals surface area contributed by atoms with E-state index < -0.39 is 12.0 Å².